The number of pyridine rings is 1. The van der Waals surface area contributed by atoms with Crippen molar-refractivity contribution >= 4 is 27.4 Å². The summed E-state index contributed by atoms with van der Waals surface area (Å²) in [5.41, 5.74) is -1.37. The van der Waals surface area contributed by atoms with Crippen molar-refractivity contribution in [2.45, 2.75) is 31.9 Å². The van der Waals surface area contributed by atoms with E-state index in [4.69, 9.17) is 0 Å². The van der Waals surface area contributed by atoms with Crippen LogP contribution in [0.3, 0.4) is 0 Å². The molecule has 1 saturated carbocycles. The first-order valence-corrected chi connectivity index (χ1v) is 8.81. The zero-order valence-corrected chi connectivity index (χ0v) is 13.1. The lowest BCUT2D eigenvalue weighted by molar-refractivity contribution is -0.137. The zero-order valence-electron chi connectivity index (χ0n) is 12.3. The summed E-state index contributed by atoms with van der Waals surface area (Å²) in [6.45, 7) is 0. The van der Waals surface area contributed by atoms with Gasteiger partial charge in [0.25, 0.3) is 0 Å². The molecule has 0 saturated heterocycles. The molecule has 128 valence electrons. The summed E-state index contributed by atoms with van der Waals surface area (Å²) in [7, 11) is -3.75. The number of halogens is 3. The van der Waals surface area contributed by atoms with Crippen LogP contribution >= 0.6 is 0 Å². The molecule has 2 rings (SSSR count). The summed E-state index contributed by atoms with van der Waals surface area (Å²) in [5.74, 6) is -1.05. The highest BCUT2D eigenvalue weighted by Gasteiger charge is 2.32. The number of alkyl halides is 3. The van der Waals surface area contributed by atoms with E-state index in [9.17, 15) is 26.4 Å². The molecule has 1 heterocycles. The fourth-order valence-electron chi connectivity index (χ4n) is 2.39. The quantitative estimate of drug-likeness (QED) is 0.873. The van der Waals surface area contributed by atoms with Crippen molar-refractivity contribution in [3.8, 4) is 0 Å². The Kier molecular flexibility index (Phi) is 4.83. The van der Waals surface area contributed by atoms with Gasteiger partial charge in [-0.2, -0.15) is 13.2 Å². The van der Waals surface area contributed by atoms with Gasteiger partial charge < -0.3 is 5.32 Å². The lowest BCUT2D eigenvalue weighted by Gasteiger charge is -2.16. The molecule has 0 bridgehead atoms. The van der Waals surface area contributed by atoms with Gasteiger partial charge in [-0.05, 0) is 18.9 Å². The first-order chi connectivity index (χ1) is 10.6. The van der Waals surface area contributed by atoms with Crippen LogP contribution in [0, 0.1) is 5.92 Å². The fourth-order valence-corrected chi connectivity index (χ4v) is 2.91. The zero-order chi connectivity index (χ0) is 17.3. The molecular weight excluding hydrogens is 335 g/mol. The van der Waals surface area contributed by atoms with Gasteiger partial charge in [0.05, 0.1) is 17.5 Å². The van der Waals surface area contributed by atoms with E-state index in [-0.39, 0.29) is 17.4 Å². The van der Waals surface area contributed by atoms with E-state index in [1.165, 1.54) is 0 Å². The third kappa shape index (κ3) is 4.81. The van der Waals surface area contributed by atoms with Gasteiger partial charge in [-0.15, -0.1) is 0 Å². The third-order valence-corrected chi connectivity index (χ3v) is 4.05. The predicted octanol–water partition coefficient (Wildman–Crippen LogP) is 2.60. The van der Waals surface area contributed by atoms with E-state index in [1.54, 1.807) is 0 Å². The van der Waals surface area contributed by atoms with Gasteiger partial charge in [0, 0.05) is 12.1 Å². The number of rotatable bonds is 4. The van der Waals surface area contributed by atoms with Gasteiger partial charge in [0.1, 0.15) is 0 Å². The first-order valence-electron chi connectivity index (χ1n) is 6.92. The normalized spacial score (nSPS) is 16.3. The van der Waals surface area contributed by atoms with Crippen LogP contribution in [0.4, 0.5) is 24.7 Å². The van der Waals surface area contributed by atoms with Crippen LogP contribution in [-0.2, 0) is 21.0 Å². The Labute approximate surface area is 131 Å². The number of hydrogen-bond acceptors (Lipinski definition) is 4. The van der Waals surface area contributed by atoms with Gasteiger partial charge in [-0.25, -0.2) is 13.4 Å². The van der Waals surface area contributed by atoms with E-state index in [1.807, 2.05) is 4.72 Å². The minimum Gasteiger partial charge on any atom is -0.323 e. The molecule has 23 heavy (non-hydrogen) atoms. The van der Waals surface area contributed by atoms with Crippen molar-refractivity contribution in [3.05, 3.63) is 17.8 Å². The number of amides is 1. The highest BCUT2D eigenvalue weighted by molar-refractivity contribution is 7.92. The second kappa shape index (κ2) is 6.34. The van der Waals surface area contributed by atoms with Crippen molar-refractivity contribution < 1.29 is 26.4 Å². The lowest BCUT2D eigenvalue weighted by atomic mass is 10.1. The van der Waals surface area contributed by atoms with Crippen LogP contribution in [0.25, 0.3) is 0 Å². The number of aromatic nitrogens is 1. The van der Waals surface area contributed by atoms with Crippen LogP contribution in [0.2, 0.25) is 0 Å². The molecule has 1 aromatic heterocycles. The highest BCUT2D eigenvalue weighted by Crippen LogP contribution is 2.34. The van der Waals surface area contributed by atoms with Crippen molar-refractivity contribution in [2.75, 3.05) is 16.3 Å². The number of nitrogens with one attached hydrogen (secondary N) is 2. The van der Waals surface area contributed by atoms with Gasteiger partial charge in [-0.3, -0.25) is 9.52 Å². The van der Waals surface area contributed by atoms with E-state index < -0.39 is 27.7 Å². The second-order valence-electron chi connectivity index (χ2n) is 5.46. The lowest BCUT2D eigenvalue weighted by Crippen LogP contribution is -2.23. The Bertz CT molecular complexity index is 698. The SMILES string of the molecule is CS(=O)(=O)Nc1ncc(C(F)(F)F)cc1NC(=O)C1CCCC1. The maximum atomic E-state index is 12.8. The predicted molar refractivity (Wildman–Crippen MR) is 78.3 cm³/mol. The second-order valence-corrected chi connectivity index (χ2v) is 7.21. The van der Waals surface area contributed by atoms with Crippen LogP contribution in [-0.4, -0.2) is 25.6 Å². The number of sulfonamides is 1. The molecule has 1 amide bonds. The van der Waals surface area contributed by atoms with Crippen LogP contribution < -0.4 is 10.0 Å². The molecule has 6 nitrogen and oxygen atoms in total. The number of nitrogens with zero attached hydrogens (tertiary/aromatic N) is 1. The molecule has 0 unspecified atom stereocenters. The van der Waals surface area contributed by atoms with Crippen molar-refractivity contribution in [1.82, 2.24) is 4.98 Å². The Morgan fingerprint density at radius 1 is 1.30 bits per heavy atom. The molecule has 10 heteroatoms. The van der Waals surface area contributed by atoms with Gasteiger partial charge in [0.2, 0.25) is 15.9 Å². The number of anilines is 2. The maximum Gasteiger partial charge on any atom is 0.417 e. The molecule has 1 aromatic rings. The molecule has 2 N–H and O–H groups in total. The number of carbonyl (C=O) groups is 1. The maximum absolute atomic E-state index is 12.8. The van der Waals surface area contributed by atoms with E-state index in [2.05, 4.69) is 10.3 Å². The molecule has 0 aromatic carbocycles. The first kappa shape index (κ1) is 17.5. The third-order valence-electron chi connectivity index (χ3n) is 3.48. The van der Waals surface area contributed by atoms with Crippen molar-refractivity contribution in [1.29, 1.82) is 0 Å². The smallest absolute Gasteiger partial charge is 0.323 e. The average Bonchev–Trinajstić information content (AvgIpc) is 2.91. The minimum atomic E-state index is -4.65. The van der Waals surface area contributed by atoms with Gasteiger partial charge in [0.15, 0.2) is 5.82 Å². The highest BCUT2D eigenvalue weighted by atomic mass is 32.2. The molecule has 0 spiro atoms. The van der Waals surface area contributed by atoms with E-state index in [0.717, 1.165) is 19.1 Å². The minimum absolute atomic E-state index is 0.282. The van der Waals surface area contributed by atoms with Crippen molar-refractivity contribution in [2.24, 2.45) is 5.92 Å². The number of carbonyl (C=O) groups excluding carboxylic acids is 1. The Hall–Kier alpha value is -1.84. The molecule has 0 aliphatic heterocycles. The summed E-state index contributed by atoms with van der Waals surface area (Å²) in [4.78, 5) is 15.6. The van der Waals surface area contributed by atoms with Crippen LogP contribution in [0.15, 0.2) is 12.3 Å². The Morgan fingerprint density at radius 3 is 2.43 bits per heavy atom. The standard InChI is InChI=1S/C13H16F3N3O3S/c1-23(21,22)19-11-10(6-9(7-17-11)13(14,15)16)18-12(20)8-4-2-3-5-8/h6-8H,2-5H2,1H3,(H,17,19)(H,18,20). The summed E-state index contributed by atoms with van der Waals surface area (Å²) in [6.07, 6.45) is -0.210. The van der Waals surface area contributed by atoms with Gasteiger partial charge >= 0.3 is 6.18 Å². The van der Waals surface area contributed by atoms with Crippen molar-refractivity contribution in [3.63, 3.8) is 0 Å². The van der Waals surface area contributed by atoms with E-state index >= 15 is 0 Å². The fraction of sp³-hybridized carbons (Fsp3) is 0.538. The Balaban J connectivity index is 2.33. The van der Waals surface area contributed by atoms with E-state index in [0.29, 0.717) is 25.1 Å². The molecule has 0 atom stereocenters. The summed E-state index contributed by atoms with van der Waals surface area (Å²) in [6, 6.07) is 0.674. The summed E-state index contributed by atoms with van der Waals surface area (Å²) >= 11 is 0. The number of hydrogen-bond donors (Lipinski definition) is 2. The summed E-state index contributed by atoms with van der Waals surface area (Å²) in [5, 5.41) is 2.36. The largest absolute Gasteiger partial charge is 0.417 e. The average molecular weight is 351 g/mol. The molecule has 1 aliphatic carbocycles. The topological polar surface area (TPSA) is 88.2 Å². The summed E-state index contributed by atoms with van der Waals surface area (Å²) < 4.78 is 62.9. The Morgan fingerprint density at radius 2 is 1.91 bits per heavy atom. The molecule has 1 fully saturated rings. The van der Waals surface area contributed by atoms with Crippen LogP contribution in [0.5, 0.6) is 0 Å². The monoisotopic (exact) mass is 351 g/mol. The molecule has 0 radical (unpaired) electrons. The molecule has 1 aliphatic rings. The van der Waals surface area contributed by atoms with Gasteiger partial charge in [-0.1, -0.05) is 12.8 Å². The molecular formula is C13H16F3N3O3S. The van der Waals surface area contributed by atoms with Crippen LogP contribution in [0.1, 0.15) is 31.2 Å².